The number of rotatable bonds is 4. The molecule has 3 aromatic carbocycles. The van der Waals surface area contributed by atoms with Crippen LogP contribution in [0.3, 0.4) is 0 Å². The van der Waals surface area contributed by atoms with Gasteiger partial charge in [0.2, 0.25) is 0 Å². The zero-order chi connectivity index (χ0) is 19.3. The summed E-state index contributed by atoms with van der Waals surface area (Å²) in [7, 11) is 0. The van der Waals surface area contributed by atoms with Crippen molar-refractivity contribution < 1.29 is 4.39 Å². The first kappa shape index (κ1) is 18.3. The maximum Gasteiger partial charge on any atom is 0.150 e. The van der Waals surface area contributed by atoms with Crippen molar-refractivity contribution in [2.45, 2.75) is 19.3 Å². The summed E-state index contributed by atoms with van der Waals surface area (Å²) in [6, 6.07) is 21.2. The third-order valence-corrected chi connectivity index (χ3v) is 4.95. The largest absolute Gasteiger partial charge is 0.205 e. The molecule has 1 aliphatic rings. The number of halogens is 1. The van der Waals surface area contributed by atoms with Crippen molar-refractivity contribution in [1.82, 2.24) is 0 Å². The van der Waals surface area contributed by atoms with E-state index in [0.717, 1.165) is 28.2 Å². The number of benzene rings is 3. The van der Waals surface area contributed by atoms with Gasteiger partial charge in [0.05, 0.1) is 5.16 Å². The summed E-state index contributed by atoms with van der Waals surface area (Å²) in [6.45, 7) is 0. The molecule has 4 rings (SSSR count). The Bertz CT molecular complexity index is 1090. The molecule has 0 aromatic heterocycles. The van der Waals surface area contributed by atoms with Crippen molar-refractivity contribution in [3.05, 3.63) is 89.2 Å². The highest BCUT2D eigenvalue weighted by atomic mass is 32.1. The van der Waals surface area contributed by atoms with E-state index in [2.05, 4.69) is 58.5 Å². The minimum Gasteiger partial charge on any atom is -0.205 e. The fraction of sp³-hybridized carbons (Fsp3) is 0.160. The van der Waals surface area contributed by atoms with Crippen LogP contribution < -0.4 is 0 Å². The van der Waals surface area contributed by atoms with Crippen LogP contribution >= 0.6 is 12.2 Å². The summed E-state index contributed by atoms with van der Waals surface area (Å²) < 4.78 is 14.0. The van der Waals surface area contributed by atoms with Crippen LogP contribution in [0.25, 0.3) is 11.1 Å². The number of thiocarbonyl (C=S) groups is 1. The molecule has 1 nitrogen and oxygen atoms in total. The number of aliphatic imine (C=N–C) groups is 1. The highest BCUT2D eigenvalue weighted by Gasteiger charge is 2.21. The lowest BCUT2D eigenvalue weighted by Crippen LogP contribution is -1.86. The lowest BCUT2D eigenvalue weighted by atomic mass is 10.0. The van der Waals surface area contributed by atoms with E-state index in [1.54, 1.807) is 6.07 Å². The van der Waals surface area contributed by atoms with Gasteiger partial charge in [-0.1, -0.05) is 42.2 Å². The molecule has 3 aromatic rings. The fourth-order valence-corrected chi connectivity index (χ4v) is 3.19. The first-order valence-corrected chi connectivity index (χ1v) is 9.71. The molecule has 0 saturated heterocycles. The van der Waals surface area contributed by atoms with E-state index >= 15 is 0 Å². The van der Waals surface area contributed by atoms with Crippen LogP contribution in [0.4, 0.5) is 10.1 Å². The zero-order valence-electron chi connectivity index (χ0n) is 15.3. The summed E-state index contributed by atoms with van der Waals surface area (Å²) in [6.07, 6.45) is 3.93. The quantitative estimate of drug-likeness (QED) is 0.282. The molecule has 1 fully saturated rings. The lowest BCUT2D eigenvalue weighted by Gasteiger charge is -2.03. The summed E-state index contributed by atoms with van der Waals surface area (Å²) in [5.41, 5.74) is 5.24. The van der Waals surface area contributed by atoms with Gasteiger partial charge in [0.1, 0.15) is 11.5 Å². The van der Waals surface area contributed by atoms with Gasteiger partial charge in [-0.2, -0.15) is 4.99 Å². The standard InChI is InChI=1S/C25H18FNS/c26-24-16-23(13-14-25(24)27-17-28)22-11-9-19(10-12-22)2-1-18-3-5-20(6-4-18)15-21-7-8-21/h3-6,9-14,16,21H,7-8,15H2. The third kappa shape index (κ3) is 4.61. The molecule has 1 saturated carbocycles. The average Bonchev–Trinajstić information content (AvgIpc) is 3.54. The van der Waals surface area contributed by atoms with Crippen LogP contribution in [0.5, 0.6) is 0 Å². The summed E-state index contributed by atoms with van der Waals surface area (Å²) in [5, 5.41) is 2.19. The molecular formula is C25H18FNS. The van der Waals surface area contributed by atoms with Gasteiger partial charge in [0.25, 0.3) is 0 Å². The van der Waals surface area contributed by atoms with Crippen molar-refractivity contribution in [3.8, 4) is 23.0 Å². The normalized spacial score (nSPS) is 12.6. The average molecular weight is 383 g/mol. The molecule has 1 aliphatic carbocycles. The Hall–Kier alpha value is -3.05. The van der Waals surface area contributed by atoms with Crippen LogP contribution in [-0.4, -0.2) is 5.16 Å². The molecular weight excluding hydrogens is 365 g/mol. The van der Waals surface area contributed by atoms with E-state index in [1.807, 2.05) is 30.3 Å². The van der Waals surface area contributed by atoms with Crippen molar-refractivity contribution in [3.63, 3.8) is 0 Å². The molecule has 0 atom stereocenters. The Labute approximate surface area is 170 Å². The number of nitrogens with zero attached hydrogens (tertiary/aromatic N) is 1. The zero-order valence-corrected chi connectivity index (χ0v) is 16.1. The minimum atomic E-state index is -0.413. The van der Waals surface area contributed by atoms with E-state index in [4.69, 9.17) is 0 Å². The van der Waals surface area contributed by atoms with E-state index in [9.17, 15) is 4.39 Å². The summed E-state index contributed by atoms with van der Waals surface area (Å²) >= 11 is 4.52. The van der Waals surface area contributed by atoms with E-state index in [-0.39, 0.29) is 5.69 Å². The molecule has 136 valence electrons. The van der Waals surface area contributed by atoms with Crippen molar-refractivity contribution in [2.75, 3.05) is 0 Å². The summed E-state index contributed by atoms with van der Waals surface area (Å²) in [4.78, 5) is 3.70. The summed E-state index contributed by atoms with van der Waals surface area (Å²) in [5.74, 6) is 6.88. The molecule has 3 heteroatoms. The van der Waals surface area contributed by atoms with Crippen LogP contribution in [0.15, 0.2) is 71.7 Å². The Morgan fingerprint density at radius 1 is 0.857 bits per heavy atom. The number of isothiocyanates is 1. The van der Waals surface area contributed by atoms with E-state index < -0.39 is 5.82 Å². The van der Waals surface area contributed by atoms with Gasteiger partial charge in [-0.15, -0.1) is 0 Å². The van der Waals surface area contributed by atoms with Gasteiger partial charge >= 0.3 is 0 Å². The lowest BCUT2D eigenvalue weighted by molar-refractivity contribution is 0.630. The Balaban J connectivity index is 1.47. The SMILES string of the molecule is Fc1cc(-c2ccc(C#Cc3ccc(CC4CC4)cc3)cc2)ccc1N=C=S. The first-order valence-electron chi connectivity index (χ1n) is 9.30. The van der Waals surface area contributed by atoms with Crippen LogP contribution in [0, 0.1) is 23.6 Å². The molecule has 0 aliphatic heterocycles. The minimum absolute atomic E-state index is 0.199. The van der Waals surface area contributed by atoms with E-state index in [0.29, 0.717) is 0 Å². The van der Waals surface area contributed by atoms with Crippen LogP contribution in [-0.2, 0) is 6.42 Å². The molecule has 0 bridgehead atoms. The van der Waals surface area contributed by atoms with Gasteiger partial charge in [-0.3, -0.25) is 0 Å². The molecule has 0 N–H and O–H groups in total. The molecule has 28 heavy (non-hydrogen) atoms. The predicted octanol–water partition coefficient (Wildman–Crippen LogP) is 6.58. The molecule has 0 radical (unpaired) electrons. The fourth-order valence-electron chi connectivity index (χ4n) is 3.10. The Morgan fingerprint density at radius 2 is 1.46 bits per heavy atom. The monoisotopic (exact) mass is 383 g/mol. The highest BCUT2D eigenvalue weighted by molar-refractivity contribution is 7.78. The van der Waals surface area contributed by atoms with Crippen molar-refractivity contribution in [2.24, 2.45) is 10.9 Å². The maximum absolute atomic E-state index is 14.0. The maximum atomic E-state index is 14.0. The highest BCUT2D eigenvalue weighted by Crippen LogP contribution is 2.32. The van der Waals surface area contributed by atoms with Gasteiger partial charge in [-0.05, 0) is 90.5 Å². The van der Waals surface area contributed by atoms with Gasteiger partial charge in [0.15, 0.2) is 0 Å². The van der Waals surface area contributed by atoms with E-state index in [1.165, 1.54) is 30.9 Å². The predicted molar refractivity (Wildman–Crippen MR) is 115 cm³/mol. The second-order valence-electron chi connectivity index (χ2n) is 7.04. The smallest absolute Gasteiger partial charge is 0.150 e. The Kier molecular flexibility index (Phi) is 5.44. The first-order chi connectivity index (χ1) is 13.7. The number of hydrogen-bond acceptors (Lipinski definition) is 2. The second-order valence-corrected chi connectivity index (χ2v) is 7.22. The second kappa shape index (κ2) is 8.31. The van der Waals surface area contributed by atoms with Crippen molar-refractivity contribution in [1.29, 1.82) is 0 Å². The van der Waals surface area contributed by atoms with Gasteiger partial charge in [0, 0.05) is 11.1 Å². The van der Waals surface area contributed by atoms with Gasteiger partial charge < -0.3 is 0 Å². The van der Waals surface area contributed by atoms with Gasteiger partial charge in [-0.25, -0.2) is 4.39 Å². The van der Waals surface area contributed by atoms with Crippen LogP contribution in [0.1, 0.15) is 29.5 Å². The topological polar surface area (TPSA) is 12.4 Å². The Morgan fingerprint density at radius 3 is 2.04 bits per heavy atom. The van der Waals surface area contributed by atoms with Crippen molar-refractivity contribution >= 4 is 23.1 Å². The molecule has 0 amide bonds. The molecule has 0 unspecified atom stereocenters. The molecule has 0 spiro atoms. The number of hydrogen-bond donors (Lipinski definition) is 0. The third-order valence-electron chi connectivity index (χ3n) is 4.86. The van der Waals surface area contributed by atoms with Crippen LogP contribution in [0.2, 0.25) is 0 Å². The molecule has 0 heterocycles.